The van der Waals surface area contributed by atoms with Crippen molar-refractivity contribution in [1.82, 2.24) is 19.7 Å². The summed E-state index contributed by atoms with van der Waals surface area (Å²) >= 11 is 8.04. The predicted octanol–water partition coefficient (Wildman–Crippen LogP) is 4.64. The number of aromatic nitrogens is 4. The SMILES string of the molecule is C=CCn1c(-c2sc(NC(=O)CSCc3cc(C(C)=O)ccc3OC)nc2C)n[nH]c1=S. The van der Waals surface area contributed by atoms with Crippen LogP contribution in [0.3, 0.4) is 0 Å². The molecule has 0 aliphatic heterocycles. The minimum Gasteiger partial charge on any atom is -0.496 e. The maximum atomic E-state index is 12.5. The molecule has 0 spiro atoms. The highest BCUT2D eigenvalue weighted by Gasteiger charge is 2.17. The number of thiazole rings is 1. The van der Waals surface area contributed by atoms with Gasteiger partial charge in [-0.1, -0.05) is 17.4 Å². The molecule has 0 saturated heterocycles. The summed E-state index contributed by atoms with van der Waals surface area (Å²) in [6.07, 6.45) is 1.74. The Bertz CT molecular complexity index is 1210. The lowest BCUT2D eigenvalue weighted by Gasteiger charge is -2.09. The van der Waals surface area contributed by atoms with Crippen LogP contribution in [0.1, 0.15) is 28.5 Å². The molecule has 0 radical (unpaired) electrons. The number of thioether (sulfide) groups is 1. The van der Waals surface area contributed by atoms with E-state index in [1.54, 1.807) is 31.4 Å². The summed E-state index contributed by atoms with van der Waals surface area (Å²) < 4.78 is 7.69. The second-order valence-electron chi connectivity index (χ2n) is 6.81. The minimum atomic E-state index is -0.165. The van der Waals surface area contributed by atoms with E-state index in [0.717, 1.165) is 16.1 Å². The highest BCUT2D eigenvalue weighted by molar-refractivity contribution is 7.99. The van der Waals surface area contributed by atoms with Gasteiger partial charge < -0.3 is 10.1 Å². The number of methoxy groups -OCH3 is 1. The van der Waals surface area contributed by atoms with E-state index in [4.69, 9.17) is 17.0 Å². The number of ether oxygens (including phenoxy) is 1. The molecule has 0 saturated carbocycles. The van der Waals surface area contributed by atoms with Crippen LogP contribution in [0.25, 0.3) is 10.7 Å². The topological polar surface area (TPSA) is 102 Å². The zero-order valence-corrected chi connectivity index (χ0v) is 20.4. The molecule has 168 valence electrons. The number of nitrogens with one attached hydrogen (secondary N) is 2. The number of nitrogens with zero attached hydrogens (tertiary/aromatic N) is 3. The van der Waals surface area contributed by atoms with Gasteiger partial charge in [-0.2, -0.15) is 5.10 Å². The molecule has 0 aliphatic rings. The molecule has 32 heavy (non-hydrogen) atoms. The summed E-state index contributed by atoms with van der Waals surface area (Å²) in [5.74, 6) is 1.95. The predicted molar refractivity (Wildman–Crippen MR) is 131 cm³/mol. The second-order valence-corrected chi connectivity index (χ2v) is 9.18. The molecule has 1 aromatic carbocycles. The van der Waals surface area contributed by atoms with Crippen molar-refractivity contribution in [1.29, 1.82) is 0 Å². The van der Waals surface area contributed by atoms with Gasteiger partial charge in [0.15, 0.2) is 21.5 Å². The van der Waals surface area contributed by atoms with Crippen LogP contribution in [0.4, 0.5) is 5.13 Å². The third-order valence-electron chi connectivity index (χ3n) is 4.49. The average molecular weight is 490 g/mol. The molecule has 0 atom stereocenters. The molecule has 11 heteroatoms. The first-order chi connectivity index (χ1) is 15.3. The number of aromatic amines is 1. The third kappa shape index (κ3) is 5.53. The molecule has 0 aliphatic carbocycles. The Kier molecular flexibility index (Phi) is 7.99. The van der Waals surface area contributed by atoms with E-state index in [0.29, 0.717) is 39.3 Å². The third-order valence-corrected chi connectivity index (χ3v) is 6.86. The van der Waals surface area contributed by atoms with Crippen molar-refractivity contribution in [2.75, 3.05) is 18.2 Å². The summed E-state index contributed by atoms with van der Waals surface area (Å²) in [5.41, 5.74) is 2.24. The van der Waals surface area contributed by atoms with Crippen molar-refractivity contribution < 1.29 is 14.3 Å². The number of aryl methyl sites for hydroxylation is 1. The van der Waals surface area contributed by atoms with Crippen molar-refractivity contribution in [3.05, 3.63) is 52.4 Å². The summed E-state index contributed by atoms with van der Waals surface area (Å²) in [5, 5.41) is 10.4. The Morgan fingerprint density at radius 1 is 1.44 bits per heavy atom. The average Bonchev–Trinajstić information content (AvgIpc) is 3.29. The van der Waals surface area contributed by atoms with Gasteiger partial charge in [0.2, 0.25) is 5.91 Å². The number of amides is 1. The van der Waals surface area contributed by atoms with Crippen LogP contribution in [-0.4, -0.2) is 44.3 Å². The van der Waals surface area contributed by atoms with E-state index in [-0.39, 0.29) is 17.4 Å². The van der Waals surface area contributed by atoms with Gasteiger partial charge in [0.1, 0.15) is 5.75 Å². The molecule has 0 bridgehead atoms. The highest BCUT2D eigenvalue weighted by Crippen LogP contribution is 2.32. The van der Waals surface area contributed by atoms with Crippen molar-refractivity contribution in [3.63, 3.8) is 0 Å². The standard InChI is InChI=1S/C21H23N5O3S3/c1-5-8-26-19(24-25-21(26)30)18-12(2)22-20(32-18)23-17(28)11-31-10-15-9-14(13(3)27)6-7-16(15)29-4/h5-7,9H,1,8,10-11H2,2-4H3,(H,25,30)(H,22,23,28). The zero-order valence-electron chi connectivity index (χ0n) is 17.9. The molecular formula is C21H23N5O3S3. The Morgan fingerprint density at radius 2 is 2.22 bits per heavy atom. The number of carbonyl (C=O) groups is 2. The van der Waals surface area contributed by atoms with E-state index in [1.165, 1.54) is 30.0 Å². The van der Waals surface area contributed by atoms with Crippen molar-refractivity contribution in [2.45, 2.75) is 26.1 Å². The summed E-state index contributed by atoms with van der Waals surface area (Å²) in [7, 11) is 1.58. The number of rotatable bonds is 10. The first-order valence-electron chi connectivity index (χ1n) is 9.63. The van der Waals surface area contributed by atoms with Crippen LogP contribution in [0, 0.1) is 11.7 Å². The number of carbonyl (C=O) groups excluding carboxylic acids is 2. The number of benzene rings is 1. The normalized spacial score (nSPS) is 10.7. The number of hydrogen-bond donors (Lipinski definition) is 2. The summed E-state index contributed by atoms with van der Waals surface area (Å²) in [6, 6.07) is 5.31. The van der Waals surface area contributed by atoms with Crippen LogP contribution in [0.2, 0.25) is 0 Å². The molecule has 2 N–H and O–H groups in total. The van der Waals surface area contributed by atoms with Crippen molar-refractivity contribution in [3.8, 4) is 16.5 Å². The quantitative estimate of drug-likeness (QED) is 0.243. The molecule has 8 nitrogen and oxygen atoms in total. The lowest BCUT2D eigenvalue weighted by Crippen LogP contribution is -2.14. The molecule has 3 aromatic rings. The maximum Gasteiger partial charge on any atom is 0.236 e. The van der Waals surface area contributed by atoms with E-state index in [1.807, 2.05) is 11.5 Å². The molecular weight excluding hydrogens is 466 g/mol. The number of anilines is 1. The number of allylic oxidation sites excluding steroid dienone is 1. The van der Waals surface area contributed by atoms with Gasteiger partial charge in [0, 0.05) is 23.4 Å². The first kappa shape index (κ1) is 23.9. The van der Waals surface area contributed by atoms with Crippen molar-refractivity contribution >= 4 is 52.1 Å². The van der Waals surface area contributed by atoms with Crippen molar-refractivity contribution in [2.24, 2.45) is 0 Å². The largest absolute Gasteiger partial charge is 0.496 e. The maximum absolute atomic E-state index is 12.5. The van der Waals surface area contributed by atoms with Gasteiger partial charge in [-0.05, 0) is 44.3 Å². The highest BCUT2D eigenvalue weighted by atomic mass is 32.2. The summed E-state index contributed by atoms with van der Waals surface area (Å²) in [6.45, 7) is 7.65. The van der Waals surface area contributed by atoms with E-state index < -0.39 is 0 Å². The smallest absolute Gasteiger partial charge is 0.236 e. The van der Waals surface area contributed by atoms with E-state index in [9.17, 15) is 9.59 Å². The fourth-order valence-corrected chi connectivity index (χ4v) is 4.96. The number of H-pyrrole nitrogens is 1. The second kappa shape index (κ2) is 10.7. The number of hydrogen-bond acceptors (Lipinski definition) is 8. The molecule has 0 unspecified atom stereocenters. The van der Waals surface area contributed by atoms with Crippen LogP contribution in [0.5, 0.6) is 5.75 Å². The fraction of sp³-hybridized carbons (Fsp3) is 0.286. The van der Waals surface area contributed by atoms with Crippen LogP contribution in [-0.2, 0) is 17.1 Å². The van der Waals surface area contributed by atoms with Gasteiger partial charge in [-0.3, -0.25) is 19.3 Å². The van der Waals surface area contributed by atoms with E-state index in [2.05, 4.69) is 27.1 Å². The monoisotopic (exact) mass is 489 g/mol. The lowest BCUT2D eigenvalue weighted by atomic mass is 10.1. The summed E-state index contributed by atoms with van der Waals surface area (Å²) in [4.78, 5) is 29.4. The fourth-order valence-electron chi connectivity index (χ4n) is 2.97. The van der Waals surface area contributed by atoms with Gasteiger partial charge in [-0.15, -0.1) is 18.3 Å². The van der Waals surface area contributed by atoms with Gasteiger partial charge in [-0.25, -0.2) is 4.98 Å². The first-order valence-corrected chi connectivity index (χ1v) is 12.0. The molecule has 2 aromatic heterocycles. The Balaban J connectivity index is 1.64. The number of ketones is 1. The van der Waals surface area contributed by atoms with E-state index >= 15 is 0 Å². The lowest BCUT2D eigenvalue weighted by molar-refractivity contribution is -0.113. The van der Waals surface area contributed by atoms with Gasteiger partial charge >= 0.3 is 0 Å². The molecule has 2 heterocycles. The minimum absolute atomic E-state index is 0.0129. The zero-order chi connectivity index (χ0) is 23.3. The Morgan fingerprint density at radius 3 is 2.91 bits per heavy atom. The molecule has 3 rings (SSSR count). The molecule has 0 fully saturated rings. The van der Waals surface area contributed by atoms with Crippen LogP contribution >= 0.6 is 35.3 Å². The van der Waals surface area contributed by atoms with Gasteiger partial charge in [0.25, 0.3) is 0 Å². The van der Waals surface area contributed by atoms with Gasteiger partial charge in [0.05, 0.1) is 23.4 Å². The number of Topliss-reactive ketones (excluding diaryl/α,β-unsaturated/α-hetero) is 1. The van der Waals surface area contributed by atoms with Crippen LogP contribution < -0.4 is 10.1 Å². The Hall–Kier alpha value is -2.76. The van der Waals surface area contributed by atoms with Crippen LogP contribution in [0.15, 0.2) is 30.9 Å². The molecule has 1 amide bonds. The Labute approximate surface area is 199 Å².